The molecular formula is C21H16N2O. The molecule has 2 aromatic carbocycles. The van der Waals surface area contributed by atoms with Gasteiger partial charge in [0.25, 0.3) is 0 Å². The van der Waals surface area contributed by atoms with Crippen molar-refractivity contribution < 1.29 is 4.42 Å². The number of rotatable bonds is 1. The van der Waals surface area contributed by atoms with E-state index in [1.54, 1.807) is 0 Å². The van der Waals surface area contributed by atoms with E-state index in [1.807, 2.05) is 6.07 Å². The van der Waals surface area contributed by atoms with Crippen LogP contribution in [0.1, 0.15) is 23.5 Å². The molecule has 0 bridgehead atoms. The molecule has 3 aliphatic heterocycles. The molecular weight excluding hydrogens is 296 g/mol. The zero-order chi connectivity index (χ0) is 15.6. The van der Waals surface area contributed by atoms with E-state index in [9.17, 15) is 0 Å². The SMILES string of the molecule is C=CC12CCN3C=CN(c4c5c(cc6c4oc4ccccc46)C51)C32. The van der Waals surface area contributed by atoms with Gasteiger partial charge in [0.1, 0.15) is 11.7 Å². The molecule has 3 heteroatoms. The number of para-hydroxylation sites is 1. The summed E-state index contributed by atoms with van der Waals surface area (Å²) in [7, 11) is 0. The predicted molar refractivity (Wildman–Crippen MR) is 94.9 cm³/mol. The van der Waals surface area contributed by atoms with Gasteiger partial charge >= 0.3 is 0 Å². The van der Waals surface area contributed by atoms with Gasteiger partial charge in [0.05, 0.1) is 5.69 Å². The second-order valence-corrected chi connectivity index (χ2v) is 7.52. The Morgan fingerprint density at radius 3 is 3.04 bits per heavy atom. The lowest BCUT2D eigenvalue weighted by molar-refractivity contribution is 0.248. The molecule has 1 fully saturated rings. The quantitative estimate of drug-likeness (QED) is 0.615. The fourth-order valence-electron chi connectivity index (χ4n) is 5.66. The lowest BCUT2D eigenvalue weighted by atomic mass is 9.75. The summed E-state index contributed by atoms with van der Waals surface area (Å²) in [5.74, 6) is 0.525. The van der Waals surface area contributed by atoms with Gasteiger partial charge in [-0.1, -0.05) is 24.3 Å². The van der Waals surface area contributed by atoms with Crippen LogP contribution in [-0.4, -0.2) is 17.6 Å². The Bertz CT molecular complexity index is 1120. The summed E-state index contributed by atoms with van der Waals surface area (Å²) in [6, 6.07) is 10.8. The number of anilines is 1. The van der Waals surface area contributed by atoms with Gasteiger partial charge in [0, 0.05) is 41.1 Å². The second-order valence-electron chi connectivity index (χ2n) is 7.52. The van der Waals surface area contributed by atoms with E-state index in [-0.39, 0.29) is 5.41 Å². The maximum absolute atomic E-state index is 6.32. The molecule has 4 aliphatic rings. The molecule has 3 nitrogen and oxygen atoms in total. The highest BCUT2D eigenvalue weighted by Gasteiger charge is 2.65. The first-order valence-corrected chi connectivity index (χ1v) is 8.67. The molecule has 3 unspecified atom stereocenters. The Labute approximate surface area is 139 Å². The predicted octanol–water partition coefficient (Wildman–Crippen LogP) is 4.54. The fraction of sp³-hybridized carbons (Fsp3) is 0.238. The van der Waals surface area contributed by atoms with Gasteiger partial charge in [-0.25, -0.2) is 0 Å². The molecule has 0 radical (unpaired) electrons. The van der Waals surface area contributed by atoms with Crippen LogP contribution in [-0.2, 0) is 0 Å². The standard InChI is InChI=1S/C21H16N2O/c1-2-21-7-8-22-9-10-23(20(21)22)18-16-14(17(16)21)11-13-12-5-3-4-6-15(12)24-19(13)18/h2-6,9-11,17,20H,1,7-8H2. The summed E-state index contributed by atoms with van der Waals surface area (Å²) in [5, 5.41) is 2.48. The molecule has 24 heavy (non-hydrogen) atoms. The third-order valence-corrected chi connectivity index (χ3v) is 6.69. The van der Waals surface area contributed by atoms with Crippen LogP contribution in [0.2, 0.25) is 0 Å². The Kier molecular flexibility index (Phi) is 1.66. The number of benzene rings is 2. The van der Waals surface area contributed by atoms with E-state index in [4.69, 9.17) is 4.42 Å². The van der Waals surface area contributed by atoms with Gasteiger partial charge in [-0.15, -0.1) is 6.58 Å². The Morgan fingerprint density at radius 1 is 1.21 bits per heavy atom. The first-order chi connectivity index (χ1) is 11.8. The van der Waals surface area contributed by atoms with Crippen molar-refractivity contribution in [3.8, 4) is 0 Å². The van der Waals surface area contributed by atoms with Crippen LogP contribution in [0.5, 0.6) is 0 Å². The van der Waals surface area contributed by atoms with Crippen molar-refractivity contribution in [3.05, 3.63) is 66.5 Å². The van der Waals surface area contributed by atoms with Crippen molar-refractivity contribution in [3.63, 3.8) is 0 Å². The van der Waals surface area contributed by atoms with Crippen molar-refractivity contribution >= 4 is 27.6 Å². The topological polar surface area (TPSA) is 19.6 Å². The third-order valence-electron chi connectivity index (χ3n) is 6.69. The Hall–Kier alpha value is -2.68. The average Bonchev–Trinajstić information content (AvgIpc) is 2.96. The minimum Gasteiger partial charge on any atom is -0.454 e. The number of furan rings is 1. The molecule has 3 atom stereocenters. The van der Waals surface area contributed by atoms with Crippen LogP contribution in [0.15, 0.2) is 59.8 Å². The smallest absolute Gasteiger partial charge is 0.159 e. The highest BCUT2D eigenvalue weighted by molar-refractivity contribution is 6.12. The Balaban J connectivity index is 1.63. The number of hydrogen-bond donors (Lipinski definition) is 0. The molecule has 116 valence electrons. The van der Waals surface area contributed by atoms with E-state index in [0.717, 1.165) is 17.7 Å². The van der Waals surface area contributed by atoms with Crippen molar-refractivity contribution in [2.24, 2.45) is 5.41 Å². The van der Waals surface area contributed by atoms with Crippen molar-refractivity contribution in [1.29, 1.82) is 0 Å². The monoisotopic (exact) mass is 312 g/mol. The minimum atomic E-state index is 0.146. The third kappa shape index (κ3) is 1.01. The normalized spacial score (nSPS) is 31.0. The van der Waals surface area contributed by atoms with Crippen LogP contribution in [0.25, 0.3) is 21.9 Å². The van der Waals surface area contributed by atoms with Crippen molar-refractivity contribution in [2.75, 3.05) is 11.4 Å². The van der Waals surface area contributed by atoms with E-state index < -0.39 is 0 Å². The lowest BCUT2D eigenvalue weighted by Crippen LogP contribution is -2.47. The Morgan fingerprint density at radius 2 is 2.12 bits per heavy atom. The molecule has 1 aliphatic carbocycles. The van der Waals surface area contributed by atoms with Crippen LogP contribution in [0.4, 0.5) is 5.69 Å². The van der Waals surface area contributed by atoms with Crippen LogP contribution in [0, 0.1) is 5.41 Å². The molecule has 7 rings (SSSR count). The first kappa shape index (κ1) is 11.8. The van der Waals surface area contributed by atoms with Gasteiger partial charge in [-0.2, -0.15) is 0 Å². The van der Waals surface area contributed by atoms with Crippen molar-refractivity contribution in [1.82, 2.24) is 4.90 Å². The highest BCUT2D eigenvalue weighted by atomic mass is 16.3. The van der Waals surface area contributed by atoms with Gasteiger partial charge in [-0.3, -0.25) is 0 Å². The van der Waals surface area contributed by atoms with Crippen LogP contribution < -0.4 is 4.90 Å². The first-order valence-electron chi connectivity index (χ1n) is 8.67. The average molecular weight is 312 g/mol. The van der Waals surface area contributed by atoms with E-state index >= 15 is 0 Å². The summed E-state index contributed by atoms with van der Waals surface area (Å²) in [6.07, 6.45) is 8.26. The molecule has 0 spiro atoms. The van der Waals surface area contributed by atoms with Gasteiger partial charge in [0.15, 0.2) is 5.58 Å². The molecule has 4 heterocycles. The molecule has 0 amide bonds. The molecule has 0 saturated carbocycles. The molecule has 1 saturated heterocycles. The molecule has 0 N–H and O–H groups in total. The number of hydrogen-bond acceptors (Lipinski definition) is 3. The largest absolute Gasteiger partial charge is 0.454 e. The van der Waals surface area contributed by atoms with E-state index in [1.165, 1.54) is 34.0 Å². The number of fused-ring (bicyclic) bond motifs is 7. The number of nitrogens with zero attached hydrogens (tertiary/aromatic N) is 2. The zero-order valence-corrected chi connectivity index (χ0v) is 13.2. The fourth-order valence-corrected chi connectivity index (χ4v) is 5.66. The highest BCUT2D eigenvalue weighted by Crippen LogP contribution is 2.70. The van der Waals surface area contributed by atoms with Crippen LogP contribution >= 0.6 is 0 Å². The summed E-state index contributed by atoms with van der Waals surface area (Å²) in [4.78, 5) is 4.92. The minimum absolute atomic E-state index is 0.146. The van der Waals surface area contributed by atoms with Gasteiger partial charge < -0.3 is 14.2 Å². The van der Waals surface area contributed by atoms with Crippen molar-refractivity contribution in [2.45, 2.75) is 18.5 Å². The maximum atomic E-state index is 6.32. The summed E-state index contributed by atoms with van der Waals surface area (Å²) in [5.41, 5.74) is 6.48. The second kappa shape index (κ2) is 3.39. The van der Waals surface area contributed by atoms with E-state index in [2.05, 4.69) is 59.1 Å². The lowest BCUT2D eigenvalue weighted by Gasteiger charge is -2.42. The zero-order valence-electron chi connectivity index (χ0n) is 13.2. The summed E-state index contributed by atoms with van der Waals surface area (Å²) < 4.78 is 6.32. The summed E-state index contributed by atoms with van der Waals surface area (Å²) in [6.45, 7) is 5.35. The molecule has 1 aromatic heterocycles. The van der Waals surface area contributed by atoms with E-state index in [0.29, 0.717) is 12.1 Å². The van der Waals surface area contributed by atoms with Crippen LogP contribution in [0.3, 0.4) is 0 Å². The van der Waals surface area contributed by atoms with Gasteiger partial charge in [-0.05, 0) is 29.7 Å². The maximum Gasteiger partial charge on any atom is 0.159 e. The van der Waals surface area contributed by atoms with Gasteiger partial charge in [0.2, 0.25) is 0 Å². The summed E-state index contributed by atoms with van der Waals surface area (Å²) >= 11 is 0. The molecule has 3 aromatic rings.